The lowest BCUT2D eigenvalue weighted by atomic mass is 10.1. The Labute approximate surface area is 180 Å². The molecule has 0 fully saturated rings. The number of anilines is 1. The van der Waals surface area contributed by atoms with Crippen molar-refractivity contribution in [3.63, 3.8) is 0 Å². The van der Waals surface area contributed by atoms with Gasteiger partial charge in [0.2, 0.25) is 5.95 Å². The fraction of sp³-hybridized carbons (Fsp3) is 0.409. The monoisotopic (exact) mass is 457 g/mol. The van der Waals surface area contributed by atoms with Crippen molar-refractivity contribution in [1.82, 2.24) is 19.4 Å². The Kier molecular flexibility index (Phi) is 7.03. The molecule has 0 bridgehead atoms. The van der Waals surface area contributed by atoms with Gasteiger partial charge in [0.1, 0.15) is 0 Å². The molecule has 3 rings (SSSR count). The Morgan fingerprint density at radius 2 is 1.79 bits per heavy atom. The van der Waals surface area contributed by atoms with E-state index in [0.717, 1.165) is 54.0 Å². The zero-order chi connectivity index (χ0) is 21.0. The normalized spacial score (nSPS) is 11.4. The van der Waals surface area contributed by atoms with Crippen LogP contribution in [0.3, 0.4) is 0 Å². The highest BCUT2D eigenvalue weighted by molar-refractivity contribution is 9.10. The summed E-state index contributed by atoms with van der Waals surface area (Å²) in [7, 11) is 0. The molecule has 0 atom stereocenters. The first-order valence-electron chi connectivity index (χ1n) is 10.1. The Bertz CT molecular complexity index is 1040. The SMILES string of the molecule is CCN(CC)CCCNc1nc(=O)c2c(C)cc(C)nc2n1-c1ccc(Br)cc1. The lowest BCUT2D eigenvalue weighted by molar-refractivity contribution is 0.303. The molecule has 6 nitrogen and oxygen atoms in total. The lowest BCUT2D eigenvalue weighted by Gasteiger charge is -2.20. The quantitative estimate of drug-likeness (QED) is 0.510. The van der Waals surface area contributed by atoms with Crippen LogP contribution in [0.4, 0.5) is 5.95 Å². The molecule has 2 aromatic heterocycles. The number of hydrogen-bond acceptors (Lipinski definition) is 5. The number of nitrogens with zero attached hydrogens (tertiary/aromatic N) is 4. The summed E-state index contributed by atoms with van der Waals surface area (Å²) in [6, 6.07) is 9.87. The zero-order valence-electron chi connectivity index (χ0n) is 17.5. The number of pyridine rings is 1. The van der Waals surface area contributed by atoms with Crippen LogP contribution in [0, 0.1) is 13.8 Å². The summed E-state index contributed by atoms with van der Waals surface area (Å²) in [5, 5.41) is 3.94. The summed E-state index contributed by atoms with van der Waals surface area (Å²) in [5.74, 6) is 0.530. The molecule has 0 radical (unpaired) electrons. The van der Waals surface area contributed by atoms with E-state index in [1.165, 1.54) is 0 Å². The summed E-state index contributed by atoms with van der Waals surface area (Å²) < 4.78 is 2.94. The molecular formula is C22H28BrN5O. The molecular weight excluding hydrogens is 430 g/mol. The van der Waals surface area contributed by atoms with Gasteiger partial charge >= 0.3 is 0 Å². The van der Waals surface area contributed by atoms with Crippen molar-refractivity contribution < 1.29 is 0 Å². The van der Waals surface area contributed by atoms with E-state index in [4.69, 9.17) is 4.98 Å². The Hall–Kier alpha value is -2.25. The fourth-order valence-electron chi connectivity index (χ4n) is 3.54. The maximum atomic E-state index is 12.8. The highest BCUT2D eigenvalue weighted by Gasteiger charge is 2.16. The lowest BCUT2D eigenvalue weighted by Crippen LogP contribution is -2.26. The van der Waals surface area contributed by atoms with E-state index in [1.54, 1.807) is 0 Å². The number of hydrogen-bond donors (Lipinski definition) is 1. The fourth-order valence-corrected chi connectivity index (χ4v) is 3.81. The highest BCUT2D eigenvalue weighted by atomic mass is 79.9. The second-order valence-corrected chi connectivity index (χ2v) is 8.05. The van der Waals surface area contributed by atoms with E-state index in [9.17, 15) is 4.79 Å². The van der Waals surface area contributed by atoms with Crippen LogP contribution in [-0.4, -0.2) is 45.6 Å². The number of aryl methyl sites for hydroxylation is 2. The van der Waals surface area contributed by atoms with Crippen LogP contribution in [0.15, 0.2) is 39.6 Å². The molecule has 1 N–H and O–H groups in total. The van der Waals surface area contributed by atoms with Crippen LogP contribution >= 0.6 is 15.9 Å². The van der Waals surface area contributed by atoms with E-state index in [0.29, 0.717) is 17.0 Å². The van der Waals surface area contributed by atoms with Crippen molar-refractivity contribution in [2.75, 3.05) is 31.5 Å². The molecule has 0 saturated carbocycles. The predicted molar refractivity (Wildman–Crippen MR) is 123 cm³/mol. The first kappa shape index (κ1) is 21.5. The van der Waals surface area contributed by atoms with Crippen LogP contribution in [0.25, 0.3) is 16.7 Å². The smallest absolute Gasteiger partial charge is 0.284 e. The van der Waals surface area contributed by atoms with Crippen LogP contribution in [0.2, 0.25) is 0 Å². The van der Waals surface area contributed by atoms with Gasteiger partial charge in [-0.1, -0.05) is 29.8 Å². The minimum atomic E-state index is -0.246. The summed E-state index contributed by atoms with van der Waals surface area (Å²) in [4.78, 5) is 24.2. The molecule has 1 aromatic carbocycles. The van der Waals surface area contributed by atoms with E-state index in [2.05, 4.69) is 45.0 Å². The third-order valence-corrected chi connectivity index (χ3v) is 5.61. The predicted octanol–water partition coefficient (Wildman–Crippen LogP) is 4.30. The Morgan fingerprint density at radius 3 is 2.45 bits per heavy atom. The molecule has 0 spiro atoms. The molecule has 7 heteroatoms. The van der Waals surface area contributed by atoms with Crippen LogP contribution in [0.5, 0.6) is 0 Å². The van der Waals surface area contributed by atoms with Gasteiger partial charge in [-0.2, -0.15) is 4.98 Å². The van der Waals surface area contributed by atoms with Crippen molar-refractivity contribution >= 4 is 32.9 Å². The number of aromatic nitrogens is 3. The largest absolute Gasteiger partial charge is 0.355 e. The molecule has 29 heavy (non-hydrogen) atoms. The van der Waals surface area contributed by atoms with Gasteiger partial charge < -0.3 is 10.2 Å². The van der Waals surface area contributed by atoms with Crippen LogP contribution in [0.1, 0.15) is 31.5 Å². The molecule has 3 aromatic rings. The maximum Gasteiger partial charge on any atom is 0.284 e. The average molecular weight is 458 g/mol. The standard InChI is InChI=1S/C22H28BrN5O/c1-5-27(6-2)13-7-12-24-22-26-21(29)19-15(3)14-16(4)25-20(19)28(22)18-10-8-17(23)9-11-18/h8-11,14H,5-7,12-13H2,1-4H3,(H,24,26,29). The van der Waals surface area contributed by atoms with Gasteiger partial charge in [-0.25, -0.2) is 4.98 Å². The summed E-state index contributed by atoms with van der Waals surface area (Å²) in [5.41, 5.74) is 3.07. The molecule has 0 aliphatic carbocycles. The first-order chi connectivity index (χ1) is 13.9. The van der Waals surface area contributed by atoms with Crippen LogP contribution < -0.4 is 10.9 Å². The summed E-state index contributed by atoms with van der Waals surface area (Å²) in [6.07, 6.45) is 0.968. The van der Waals surface area contributed by atoms with Gasteiger partial charge in [0, 0.05) is 16.7 Å². The minimum Gasteiger partial charge on any atom is -0.355 e. The maximum absolute atomic E-state index is 12.8. The van der Waals surface area contributed by atoms with Gasteiger partial charge in [0.15, 0.2) is 5.65 Å². The first-order valence-corrected chi connectivity index (χ1v) is 10.9. The third kappa shape index (κ3) is 4.85. The number of halogens is 1. The van der Waals surface area contributed by atoms with Gasteiger partial charge in [0.25, 0.3) is 5.56 Å². The van der Waals surface area contributed by atoms with Crippen molar-refractivity contribution in [2.24, 2.45) is 0 Å². The second-order valence-electron chi connectivity index (χ2n) is 7.14. The molecule has 154 valence electrons. The molecule has 0 aliphatic heterocycles. The van der Waals surface area contributed by atoms with Crippen molar-refractivity contribution in [1.29, 1.82) is 0 Å². The minimum absolute atomic E-state index is 0.246. The molecule has 0 amide bonds. The van der Waals surface area contributed by atoms with E-state index in [-0.39, 0.29) is 5.56 Å². The number of benzene rings is 1. The highest BCUT2D eigenvalue weighted by Crippen LogP contribution is 2.23. The molecule has 0 saturated heterocycles. The molecule has 0 unspecified atom stereocenters. The number of fused-ring (bicyclic) bond motifs is 1. The van der Waals surface area contributed by atoms with Crippen molar-refractivity contribution in [3.8, 4) is 5.69 Å². The van der Waals surface area contributed by atoms with E-state index in [1.807, 2.05) is 48.7 Å². The number of nitrogens with one attached hydrogen (secondary N) is 1. The average Bonchev–Trinajstić information content (AvgIpc) is 2.68. The molecule has 2 heterocycles. The summed E-state index contributed by atoms with van der Waals surface area (Å²) in [6.45, 7) is 12.0. The molecule has 0 aliphatic rings. The van der Waals surface area contributed by atoms with Crippen LogP contribution in [-0.2, 0) is 0 Å². The third-order valence-electron chi connectivity index (χ3n) is 5.08. The summed E-state index contributed by atoms with van der Waals surface area (Å²) >= 11 is 3.49. The van der Waals surface area contributed by atoms with E-state index >= 15 is 0 Å². The zero-order valence-corrected chi connectivity index (χ0v) is 19.1. The Morgan fingerprint density at radius 1 is 1.10 bits per heavy atom. The van der Waals surface area contributed by atoms with Gasteiger partial charge in [-0.15, -0.1) is 0 Å². The van der Waals surface area contributed by atoms with E-state index < -0.39 is 0 Å². The topological polar surface area (TPSA) is 63.1 Å². The van der Waals surface area contributed by atoms with Crippen molar-refractivity contribution in [2.45, 2.75) is 34.1 Å². The van der Waals surface area contributed by atoms with Gasteiger partial charge in [-0.3, -0.25) is 9.36 Å². The second kappa shape index (κ2) is 9.50. The Balaban J connectivity index is 2.05. The van der Waals surface area contributed by atoms with Crippen molar-refractivity contribution in [3.05, 3.63) is 56.4 Å². The van der Waals surface area contributed by atoms with Gasteiger partial charge in [0.05, 0.1) is 11.1 Å². The van der Waals surface area contributed by atoms with Gasteiger partial charge in [-0.05, 0) is 75.8 Å². The number of rotatable bonds is 8.